The van der Waals surface area contributed by atoms with Crippen LogP contribution in [0.2, 0.25) is 0 Å². The van der Waals surface area contributed by atoms with Gasteiger partial charge in [-0.3, -0.25) is 0 Å². The van der Waals surface area contributed by atoms with Crippen LogP contribution in [0.3, 0.4) is 0 Å². The van der Waals surface area contributed by atoms with Gasteiger partial charge in [0, 0.05) is 26.1 Å². The van der Waals surface area contributed by atoms with E-state index in [4.69, 9.17) is 4.74 Å². The maximum atomic E-state index is 12.0. The second kappa shape index (κ2) is 4.49. The first-order chi connectivity index (χ1) is 7.97. The van der Waals surface area contributed by atoms with Crippen LogP contribution in [0.1, 0.15) is 37.0 Å². The molecule has 0 saturated carbocycles. The third-order valence-corrected chi connectivity index (χ3v) is 2.61. The summed E-state index contributed by atoms with van der Waals surface area (Å²) in [6.07, 6.45) is 2.54. The van der Waals surface area contributed by atoms with Crippen molar-refractivity contribution < 1.29 is 9.53 Å². The number of rotatable bonds is 1. The van der Waals surface area contributed by atoms with E-state index in [-0.39, 0.29) is 5.97 Å². The van der Waals surface area contributed by atoms with E-state index >= 15 is 0 Å². The molecule has 0 fully saturated rings. The third-order valence-electron chi connectivity index (χ3n) is 2.61. The van der Waals surface area contributed by atoms with Gasteiger partial charge in [-0.1, -0.05) is 0 Å². The van der Waals surface area contributed by atoms with Gasteiger partial charge in [0.15, 0.2) is 5.69 Å². The van der Waals surface area contributed by atoms with Crippen LogP contribution in [0.5, 0.6) is 0 Å². The predicted molar refractivity (Wildman–Crippen MR) is 64.0 cm³/mol. The van der Waals surface area contributed by atoms with E-state index < -0.39 is 5.60 Å². The molecule has 0 radical (unpaired) electrons. The highest BCUT2D eigenvalue weighted by molar-refractivity contribution is 5.88. The molecule has 1 N–H and O–H groups in total. The van der Waals surface area contributed by atoms with Crippen molar-refractivity contribution in [1.82, 2.24) is 14.9 Å². The lowest BCUT2D eigenvalue weighted by Crippen LogP contribution is -2.25. The Kier molecular flexibility index (Phi) is 3.19. The maximum Gasteiger partial charge on any atom is 0.359 e. The van der Waals surface area contributed by atoms with Crippen molar-refractivity contribution in [2.75, 3.05) is 13.1 Å². The van der Waals surface area contributed by atoms with Gasteiger partial charge in [-0.05, 0) is 20.8 Å². The first kappa shape index (κ1) is 12.1. The predicted octanol–water partition coefficient (Wildman–Crippen LogP) is 0.984. The van der Waals surface area contributed by atoms with Crippen LogP contribution in [0.4, 0.5) is 0 Å². The van der Waals surface area contributed by atoms with Crippen LogP contribution in [-0.4, -0.2) is 34.2 Å². The Morgan fingerprint density at radius 3 is 2.94 bits per heavy atom. The van der Waals surface area contributed by atoms with Gasteiger partial charge in [-0.15, -0.1) is 0 Å². The SMILES string of the molecule is CC(C)(C)OC(=O)c1ncn2c1CCNCC2. The number of carbonyl (C=O) groups is 1. The molecule has 0 spiro atoms. The normalized spacial score (nSPS) is 16.2. The zero-order valence-corrected chi connectivity index (χ0v) is 10.6. The molecule has 1 aromatic rings. The molecule has 1 aliphatic heterocycles. The summed E-state index contributed by atoms with van der Waals surface area (Å²) in [7, 11) is 0. The summed E-state index contributed by atoms with van der Waals surface area (Å²) < 4.78 is 7.38. The van der Waals surface area contributed by atoms with Crippen LogP contribution in [0.25, 0.3) is 0 Å². The number of imidazole rings is 1. The minimum atomic E-state index is -0.476. The minimum absolute atomic E-state index is 0.326. The monoisotopic (exact) mass is 237 g/mol. The van der Waals surface area contributed by atoms with Crippen LogP contribution in [0.15, 0.2) is 6.33 Å². The summed E-state index contributed by atoms with van der Waals surface area (Å²) >= 11 is 0. The lowest BCUT2D eigenvalue weighted by atomic mass is 10.2. The number of nitrogens with zero attached hydrogens (tertiary/aromatic N) is 2. The molecule has 1 aromatic heterocycles. The van der Waals surface area contributed by atoms with Crippen LogP contribution < -0.4 is 5.32 Å². The summed E-state index contributed by atoms with van der Waals surface area (Å²) in [6, 6.07) is 0. The van der Waals surface area contributed by atoms with Crippen molar-refractivity contribution in [1.29, 1.82) is 0 Å². The summed E-state index contributed by atoms with van der Waals surface area (Å²) in [5, 5.41) is 3.29. The third kappa shape index (κ3) is 2.85. The highest BCUT2D eigenvalue weighted by Crippen LogP contribution is 2.15. The Balaban J connectivity index is 2.21. The standard InChI is InChI=1S/C12H19N3O2/c1-12(2,3)17-11(16)10-9-4-5-13-6-7-15(9)8-14-10/h8,13H,4-7H2,1-3H3. The Bertz CT molecular complexity index is 418. The van der Waals surface area contributed by atoms with Crippen LogP contribution >= 0.6 is 0 Å². The second-order valence-electron chi connectivity index (χ2n) is 5.24. The van der Waals surface area contributed by atoms with Gasteiger partial charge < -0.3 is 14.6 Å². The second-order valence-corrected chi connectivity index (χ2v) is 5.24. The number of esters is 1. The number of nitrogens with one attached hydrogen (secondary N) is 1. The lowest BCUT2D eigenvalue weighted by molar-refractivity contribution is 0.00620. The van der Waals surface area contributed by atoms with Crippen molar-refractivity contribution >= 4 is 5.97 Å². The van der Waals surface area contributed by atoms with Gasteiger partial charge in [0.2, 0.25) is 0 Å². The van der Waals surface area contributed by atoms with E-state index in [9.17, 15) is 4.79 Å². The smallest absolute Gasteiger partial charge is 0.359 e. The molecule has 2 heterocycles. The first-order valence-corrected chi connectivity index (χ1v) is 5.95. The summed E-state index contributed by atoms with van der Waals surface area (Å²) in [5.74, 6) is -0.326. The number of aromatic nitrogens is 2. The number of ether oxygens (including phenoxy) is 1. The van der Waals surface area contributed by atoms with E-state index in [1.807, 2.05) is 25.3 Å². The fraction of sp³-hybridized carbons (Fsp3) is 0.667. The highest BCUT2D eigenvalue weighted by atomic mass is 16.6. The Labute approximate surface area is 101 Å². The zero-order valence-electron chi connectivity index (χ0n) is 10.6. The van der Waals surface area contributed by atoms with Gasteiger partial charge in [-0.2, -0.15) is 0 Å². The van der Waals surface area contributed by atoms with Crippen molar-refractivity contribution in [3.8, 4) is 0 Å². The molecule has 0 unspecified atom stereocenters. The Morgan fingerprint density at radius 1 is 1.47 bits per heavy atom. The molecule has 0 atom stereocenters. The van der Waals surface area contributed by atoms with Crippen molar-refractivity contribution in [3.63, 3.8) is 0 Å². The van der Waals surface area contributed by atoms with E-state index in [0.717, 1.165) is 31.7 Å². The van der Waals surface area contributed by atoms with Crippen LogP contribution in [-0.2, 0) is 17.7 Å². The van der Waals surface area contributed by atoms with E-state index in [0.29, 0.717) is 5.69 Å². The summed E-state index contributed by atoms with van der Waals surface area (Å²) in [6.45, 7) is 8.23. The van der Waals surface area contributed by atoms with Gasteiger partial charge in [-0.25, -0.2) is 9.78 Å². The Hall–Kier alpha value is -1.36. The molecule has 0 amide bonds. The fourth-order valence-corrected chi connectivity index (χ4v) is 1.89. The average molecular weight is 237 g/mol. The molecule has 94 valence electrons. The molecule has 0 aromatic carbocycles. The van der Waals surface area contributed by atoms with Crippen LogP contribution in [0, 0.1) is 0 Å². The van der Waals surface area contributed by atoms with Gasteiger partial charge in [0.1, 0.15) is 5.60 Å². The molecule has 0 aliphatic carbocycles. The van der Waals surface area contributed by atoms with E-state index in [1.54, 1.807) is 6.33 Å². The number of fused-ring (bicyclic) bond motifs is 1. The van der Waals surface area contributed by atoms with Crippen molar-refractivity contribution in [2.45, 2.75) is 39.3 Å². The quantitative estimate of drug-likeness (QED) is 0.740. The molecule has 2 rings (SSSR count). The van der Waals surface area contributed by atoms with Gasteiger partial charge >= 0.3 is 5.97 Å². The van der Waals surface area contributed by atoms with Gasteiger partial charge in [0.05, 0.1) is 12.0 Å². The molecule has 0 bridgehead atoms. The minimum Gasteiger partial charge on any atom is -0.455 e. The molecule has 0 saturated heterocycles. The highest BCUT2D eigenvalue weighted by Gasteiger charge is 2.24. The summed E-state index contributed by atoms with van der Waals surface area (Å²) in [4.78, 5) is 16.2. The zero-order chi connectivity index (χ0) is 12.5. The summed E-state index contributed by atoms with van der Waals surface area (Å²) in [5.41, 5.74) is 0.962. The lowest BCUT2D eigenvalue weighted by Gasteiger charge is -2.19. The maximum absolute atomic E-state index is 12.0. The van der Waals surface area contributed by atoms with Crippen molar-refractivity contribution in [3.05, 3.63) is 17.7 Å². The number of hydrogen-bond acceptors (Lipinski definition) is 4. The van der Waals surface area contributed by atoms with Gasteiger partial charge in [0.25, 0.3) is 0 Å². The first-order valence-electron chi connectivity index (χ1n) is 5.95. The number of carbonyl (C=O) groups excluding carboxylic acids is 1. The Morgan fingerprint density at radius 2 is 2.24 bits per heavy atom. The molecule has 1 aliphatic rings. The molecule has 5 nitrogen and oxygen atoms in total. The molecule has 17 heavy (non-hydrogen) atoms. The van der Waals surface area contributed by atoms with E-state index in [1.165, 1.54) is 0 Å². The molecule has 5 heteroatoms. The molecular weight excluding hydrogens is 218 g/mol. The average Bonchev–Trinajstić information content (AvgIpc) is 2.46. The topological polar surface area (TPSA) is 56.1 Å². The number of hydrogen-bond donors (Lipinski definition) is 1. The largest absolute Gasteiger partial charge is 0.455 e. The van der Waals surface area contributed by atoms with E-state index in [2.05, 4.69) is 10.3 Å². The molecular formula is C12H19N3O2. The fourth-order valence-electron chi connectivity index (χ4n) is 1.89. The van der Waals surface area contributed by atoms with Crippen molar-refractivity contribution in [2.24, 2.45) is 0 Å².